The average Bonchev–Trinajstić information content (AvgIpc) is 3.16. The average molecular weight is 339 g/mol. The van der Waals surface area contributed by atoms with Gasteiger partial charge in [-0.3, -0.25) is 9.78 Å². The SMILES string of the molecule is O=C(c1ccco1)N1CCC(Nc2ccnc3cc(F)ccc23)CC1. The standard InChI is InChI=1S/C19H18FN3O2/c20-13-3-4-15-16(5-8-21-17(15)12-13)22-14-6-9-23(10-7-14)19(24)18-2-1-11-25-18/h1-5,8,11-12,14H,6-7,9-10H2,(H,21,22). The van der Waals surface area contributed by atoms with E-state index in [0.717, 1.165) is 23.9 Å². The molecule has 3 aromatic rings. The molecule has 0 saturated carbocycles. The van der Waals surface area contributed by atoms with Crippen molar-refractivity contribution in [2.75, 3.05) is 18.4 Å². The highest BCUT2D eigenvalue weighted by atomic mass is 19.1. The van der Waals surface area contributed by atoms with Crippen molar-refractivity contribution in [3.8, 4) is 0 Å². The van der Waals surface area contributed by atoms with Crippen molar-refractivity contribution in [3.05, 3.63) is 60.4 Å². The fourth-order valence-corrected chi connectivity index (χ4v) is 3.25. The van der Waals surface area contributed by atoms with E-state index in [-0.39, 0.29) is 17.8 Å². The van der Waals surface area contributed by atoms with Crippen LogP contribution in [0.2, 0.25) is 0 Å². The van der Waals surface area contributed by atoms with E-state index in [2.05, 4.69) is 10.3 Å². The van der Waals surface area contributed by atoms with E-state index in [0.29, 0.717) is 24.4 Å². The van der Waals surface area contributed by atoms with E-state index < -0.39 is 0 Å². The number of hydrogen-bond acceptors (Lipinski definition) is 4. The Hall–Kier alpha value is -2.89. The third-order valence-corrected chi connectivity index (χ3v) is 4.58. The second-order valence-electron chi connectivity index (χ2n) is 6.21. The third kappa shape index (κ3) is 3.20. The first kappa shape index (κ1) is 15.6. The monoisotopic (exact) mass is 339 g/mol. The number of piperidine rings is 1. The lowest BCUT2D eigenvalue weighted by Gasteiger charge is -2.32. The van der Waals surface area contributed by atoms with Crippen LogP contribution in [0.1, 0.15) is 23.4 Å². The van der Waals surface area contributed by atoms with Gasteiger partial charge in [-0.1, -0.05) is 0 Å². The smallest absolute Gasteiger partial charge is 0.289 e. The van der Waals surface area contributed by atoms with E-state index in [1.54, 1.807) is 24.4 Å². The molecule has 1 aliphatic rings. The number of hydrogen-bond donors (Lipinski definition) is 1. The Morgan fingerprint density at radius 1 is 1.24 bits per heavy atom. The Morgan fingerprint density at radius 3 is 2.84 bits per heavy atom. The van der Waals surface area contributed by atoms with Gasteiger partial charge in [0, 0.05) is 42.5 Å². The van der Waals surface area contributed by atoms with Gasteiger partial charge in [-0.25, -0.2) is 4.39 Å². The van der Waals surface area contributed by atoms with Gasteiger partial charge in [0.2, 0.25) is 0 Å². The predicted octanol–water partition coefficient (Wildman–Crippen LogP) is 3.68. The molecule has 3 heterocycles. The van der Waals surface area contributed by atoms with Gasteiger partial charge in [0.25, 0.3) is 5.91 Å². The van der Waals surface area contributed by atoms with Crippen LogP contribution >= 0.6 is 0 Å². The number of halogens is 1. The number of furan rings is 1. The van der Waals surface area contributed by atoms with Gasteiger partial charge in [-0.15, -0.1) is 0 Å². The summed E-state index contributed by atoms with van der Waals surface area (Å²) in [5.74, 6) is 0.0312. The van der Waals surface area contributed by atoms with E-state index in [4.69, 9.17) is 4.42 Å². The van der Waals surface area contributed by atoms with Gasteiger partial charge in [-0.05, 0) is 43.2 Å². The molecule has 1 amide bonds. The lowest BCUT2D eigenvalue weighted by atomic mass is 10.0. The van der Waals surface area contributed by atoms with Crippen LogP contribution in [0.25, 0.3) is 10.9 Å². The fourth-order valence-electron chi connectivity index (χ4n) is 3.25. The number of aromatic nitrogens is 1. The minimum absolute atomic E-state index is 0.0618. The largest absolute Gasteiger partial charge is 0.459 e. The Bertz CT molecular complexity index is 887. The third-order valence-electron chi connectivity index (χ3n) is 4.58. The normalized spacial score (nSPS) is 15.5. The maximum Gasteiger partial charge on any atom is 0.289 e. The fraction of sp³-hybridized carbons (Fsp3) is 0.263. The molecule has 0 radical (unpaired) electrons. The van der Waals surface area contributed by atoms with Crippen LogP contribution < -0.4 is 5.32 Å². The summed E-state index contributed by atoms with van der Waals surface area (Å²) in [7, 11) is 0. The molecule has 2 aromatic heterocycles. The molecule has 0 aliphatic carbocycles. The highest BCUT2D eigenvalue weighted by Crippen LogP contribution is 2.25. The molecular formula is C19H18FN3O2. The molecular weight excluding hydrogens is 321 g/mol. The van der Waals surface area contributed by atoms with Crippen LogP contribution in [0.3, 0.4) is 0 Å². The Kier molecular flexibility index (Phi) is 4.09. The number of nitrogens with zero attached hydrogens (tertiary/aromatic N) is 2. The molecule has 1 fully saturated rings. The maximum atomic E-state index is 13.4. The van der Waals surface area contributed by atoms with Crippen molar-refractivity contribution < 1.29 is 13.6 Å². The zero-order valence-electron chi connectivity index (χ0n) is 13.6. The van der Waals surface area contributed by atoms with Crippen molar-refractivity contribution in [2.24, 2.45) is 0 Å². The van der Waals surface area contributed by atoms with Crippen molar-refractivity contribution in [1.82, 2.24) is 9.88 Å². The zero-order chi connectivity index (χ0) is 17.2. The number of carbonyl (C=O) groups is 1. The van der Waals surface area contributed by atoms with Gasteiger partial charge in [-0.2, -0.15) is 0 Å². The summed E-state index contributed by atoms with van der Waals surface area (Å²) >= 11 is 0. The van der Waals surface area contributed by atoms with Crippen molar-refractivity contribution in [2.45, 2.75) is 18.9 Å². The summed E-state index contributed by atoms with van der Waals surface area (Å²) in [5.41, 5.74) is 1.58. The molecule has 128 valence electrons. The Balaban J connectivity index is 1.43. The quantitative estimate of drug-likeness (QED) is 0.791. The topological polar surface area (TPSA) is 58.4 Å². The van der Waals surface area contributed by atoms with Crippen LogP contribution in [0.4, 0.5) is 10.1 Å². The van der Waals surface area contributed by atoms with Crippen LogP contribution in [0.15, 0.2) is 53.3 Å². The number of rotatable bonds is 3. The summed E-state index contributed by atoms with van der Waals surface area (Å²) < 4.78 is 18.5. The molecule has 25 heavy (non-hydrogen) atoms. The van der Waals surface area contributed by atoms with E-state index >= 15 is 0 Å². The molecule has 0 spiro atoms. The maximum absolute atomic E-state index is 13.4. The van der Waals surface area contributed by atoms with Crippen LogP contribution in [-0.4, -0.2) is 34.9 Å². The van der Waals surface area contributed by atoms with Crippen LogP contribution in [0.5, 0.6) is 0 Å². The van der Waals surface area contributed by atoms with Gasteiger partial charge < -0.3 is 14.6 Å². The van der Waals surface area contributed by atoms with E-state index in [1.807, 2.05) is 11.0 Å². The predicted molar refractivity (Wildman–Crippen MR) is 93.0 cm³/mol. The van der Waals surface area contributed by atoms with E-state index in [9.17, 15) is 9.18 Å². The van der Waals surface area contributed by atoms with Crippen molar-refractivity contribution in [1.29, 1.82) is 0 Å². The molecule has 1 aromatic carbocycles. The summed E-state index contributed by atoms with van der Waals surface area (Å²) in [6, 6.07) is 10.2. The molecule has 6 heteroatoms. The van der Waals surface area contributed by atoms with Crippen molar-refractivity contribution in [3.63, 3.8) is 0 Å². The lowest BCUT2D eigenvalue weighted by molar-refractivity contribution is 0.0686. The number of benzene rings is 1. The first-order valence-electron chi connectivity index (χ1n) is 8.34. The highest BCUT2D eigenvalue weighted by molar-refractivity contribution is 5.92. The Labute approximate surface area is 144 Å². The Morgan fingerprint density at radius 2 is 2.08 bits per heavy atom. The number of nitrogens with one attached hydrogen (secondary N) is 1. The second-order valence-corrected chi connectivity index (χ2v) is 6.21. The zero-order valence-corrected chi connectivity index (χ0v) is 13.6. The first-order valence-corrected chi connectivity index (χ1v) is 8.34. The second kappa shape index (κ2) is 6.55. The number of anilines is 1. The summed E-state index contributed by atoms with van der Waals surface area (Å²) in [6.07, 6.45) is 4.88. The van der Waals surface area contributed by atoms with Gasteiger partial charge in [0.05, 0.1) is 11.8 Å². The summed E-state index contributed by atoms with van der Waals surface area (Å²) in [4.78, 5) is 18.3. The number of likely N-dealkylation sites (tertiary alicyclic amines) is 1. The molecule has 5 nitrogen and oxygen atoms in total. The first-order chi connectivity index (χ1) is 12.2. The molecule has 0 bridgehead atoms. The van der Waals surface area contributed by atoms with Crippen LogP contribution in [0, 0.1) is 5.82 Å². The van der Waals surface area contributed by atoms with Crippen molar-refractivity contribution >= 4 is 22.5 Å². The number of carbonyl (C=O) groups excluding carboxylic acids is 1. The number of fused-ring (bicyclic) bond motifs is 1. The lowest BCUT2D eigenvalue weighted by Crippen LogP contribution is -2.42. The van der Waals surface area contributed by atoms with Crippen LogP contribution in [-0.2, 0) is 0 Å². The molecule has 1 aliphatic heterocycles. The minimum Gasteiger partial charge on any atom is -0.459 e. The number of amides is 1. The molecule has 0 unspecified atom stereocenters. The minimum atomic E-state index is -0.290. The number of pyridine rings is 1. The molecule has 1 saturated heterocycles. The summed E-state index contributed by atoms with van der Waals surface area (Å²) in [5, 5.41) is 4.41. The highest BCUT2D eigenvalue weighted by Gasteiger charge is 2.25. The van der Waals surface area contributed by atoms with Gasteiger partial charge in [0.1, 0.15) is 5.82 Å². The van der Waals surface area contributed by atoms with Gasteiger partial charge >= 0.3 is 0 Å². The molecule has 1 N–H and O–H groups in total. The summed E-state index contributed by atoms with van der Waals surface area (Å²) in [6.45, 7) is 1.35. The van der Waals surface area contributed by atoms with E-state index in [1.165, 1.54) is 18.4 Å². The molecule has 4 rings (SSSR count). The molecule has 0 atom stereocenters. The van der Waals surface area contributed by atoms with Gasteiger partial charge in [0.15, 0.2) is 5.76 Å².